The van der Waals surface area contributed by atoms with Crippen molar-refractivity contribution in [1.82, 2.24) is 0 Å². The van der Waals surface area contributed by atoms with Crippen LogP contribution in [0.2, 0.25) is 0 Å². The number of carboxylic acids is 1. The Bertz CT molecular complexity index is 1230. The topological polar surface area (TPSA) is 82.1 Å². The maximum absolute atomic E-state index is 13.5. The second kappa shape index (κ2) is 9.19. The number of hydrogen-bond donors (Lipinski definition) is 1. The molecule has 6 nitrogen and oxygen atoms in total. The number of carbonyl (C=O) groups is 2. The average molecular weight is 583 g/mol. The number of fused-ring (bicyclic) bond motifs is 7. The number of methoxy groups -OCH3 is 1. The Hall–Kier alpha value is -1.66. The summed E-state index contributed by atoms with van der Waals surface area (Å²) in [6.07, 6.45) is 11.6. The summed E-state index contributed by atoms with van der Waals surface area (Å²) in [5.41, 5.74) is 0.598. The lowest BCUT2D eigenvalue weighted by atomic mass is 9.32. The minimum atomic E-state index is -1.10. The smallest absolute Gasteiger partial charge is 0.333 e. The largest absolute Gasteiger partial charge is 0.481 e. The minimum absolute atomic E-state index is 0.0391. The molecule has 0 aromatic heterocycles. The van der Waals surface area contributed by atoms with Crippen LogP contribution in [0.3, 0.4) is 0 Å². The molecule has 2 aliphatic heterocycles. The summed E-state index contributed by atoms with van der Waals surface area (Å²) in [5.74, 6) is -0.823. The van der Waals surface area contributed by atoms with Crippen LogP contribution in [0.4, 0.5) is 0 Å². The van der Waals surface area contributed by atoms with Crippen molar-refractivity contribution in [1.29, 1.82) is 0 Å². The van der Waals surface area contributed by atoms with Gasteiger partial charge in [0.15, 0.2) is 5.79 Å². The summed E-state index contributed by atoms with van der Waals surface area (Å²) in [5, 5.41) is 11.0. The van der Waals surface area contributed by atoms with Gasteiger partial charge in [0.1, 0.15) is 11.5 Å². The molecule has 2 saturated heterocycles. The minimum Gasteiger partial charge on any atom is -0.481 e. The van der Waals surface area contributed by atoms with Crippen molar-refractivity contribution < 1.29 is 28.9 Å². The number of esters is 1. The summed E-state index contributed by atoms with van der Waals surface area (Å²) < 4.78 is 19.0. The Balaban J connectivity index is 1.44. The van der Waals surface area contributed by atoms with Crippen molar-refractivity contribution in [3.05, 3.63) is 23.3 Å². The van der Waals surface area contributed by atoms with E-state index in [-0.39, 0.29) is 39.0 Å². The molecule has 0 unspecified atom stereocenters. The van der Waals surface area contributed by atoms with Gasteiger partial charge in [0.2, 0.25) is 0 Å². The zero-order valence-corrected chi connectivity index (χ0v) is 27.5. The van der Waals surface area contributed by atoms with Crippen LogP contribution in [-0.4, -0.2) is 42.7 Å². The van der Waals surface area contributed by atoms with E-state index < -0.39 is 23.3 Å². The molecule has 1 spiro atoms. The molecular formula is C36H54O6. The molecule has 1 N–H and O–H groups in total. The predicted molar refractivity (Wildman–Crippen MR) is 161 cm³/mol. The van der Waals surface area contributed by atoms with Gasteiger partial charge in [0, 0.05) is 35.9 Å². The van der Waals surface area contributed by atoms with Gasteiger partial charge in [-0.3, -0.25) is 4.79 Å². The zero-order chi connectivity index (χ0) is 30.7. The van der Waals surface area contributed by atoms with E-state index in [4.69, 9.17) is 14.2 Å². The molecule has 9 atom stereocenters. The number of aliphatic carboxylic acids is 1. The van der Waals surface area contributed by atoms with Crippen LogP contribution in [-0.2, 0) is 23.8 Å². The highest BCUT2D eigenvalue weighted by atomic mass is 16.7. The molecule has 42 heavy (non-hydrogen) atoms. The lowest BCUT2D eigenvalue weighted by molar-refractivity contribution is -0.402. The molecule has 2 bridgehead atoms. The van der Waals surface area contributed by atoms with Gasteiger partial charge in [-0.05, 0) is 93.3 Å². The third kappa shape index (κ3) is 3.51. The van der Waals surface area contributed by atoms with Crippen LogP contribution >= 0.6 is 0 Å². The molecule has 2 heterocycles. The fraction of sp³-hybridized carbons (Fsp3) is 0.833. The summed E-state index contributed by atoms with van der Waals surface area (Å²) in [6.45, 7) is 18.5. The van der Waals surface area contributed by atoms with Crippen LogP contribution in [0.1, 0.15) is 113 Å². The lowest BCUT2D eigenvalue weighted by Crippen LogP contribution is -2.73. The maximum Gasteiger partial charge on any atom is 0.333 e. The highest BCUT2D eigenvalue weighted by molar-refractivity contribution is 5.88. The first-order valence-electron chi connectivity index (χ1n) is 16.5. The second-order valence-corrected chi connectivity index (χ2v) is 16.8. The van der Waals surface area contributed by atoms with Crippen molar-refractivity contribution >= 4 is 11.9 Å². The number of allylic oxidation sites excluding steroid dienone is 3. The van der Waals surface area contributed by atoms with E-state index in [1.807, 2.05) is 14.0 Å². The first-order chi connectivity index (χ1) is 19.5. The van der Waals surface area contributed by atoms with Gasteiger partial charge in [0.25, 0.3) is 0 Å². The molecular weight excluding hydrogens is 528 g/mol. The monoisotopic (exact) mass is 582 g/mol. The molecule has 5 aliphatic carbocycles. The van der Waals surface area contributed by atoms with Crippen LogP contribution in [0.5, 0.6) is 0 Å². The van der Waals surface area contributed by atoms with Gasteiger partial charge in [-0.15, -0.1) is 0 Å². The highest BCUT2D eigenvalue weighted by Gasteiger charge is 2.75. The van der Waals surface area contributed by atoms with Crippen LogP contribution in [0.25, 0.3) is 0 Å². The van der Waals surface area contributed by atoms with Crippen LogP contribution in [0.15, 0.2) is 23.3 Å². The molecule has 0 aromatic carbocycles. The van der Waals surface area contributed by atoms with E-state index in [0.717, 1.165) is 51.6 Å². The molecule has 6 heteroatoms. The average Bonchev–Trinajstić information content (AvgIpc) is 2.92. The van der Waals surface area contributed by atoms with Gasteiger partial charge in [-0.25, -0.2) is 4.79 Å². The van der Waals surface area contributed by atoms with Gasteiger partial charge in [-0.1, -0.05) is 59.3 Å². The van der Waals surface area contributed by atoms with E-state index in [9.17, 15) is 14.7 Å². The van der Waals surface area contributed by atoms with Crippen molar-refractivity contribution in [2.45, 2.75) is 125 Å². The number of carbonyl (C=O) groups excluding carboxylic acids is 1. The third-order valence-electron chi connectivity index (χ3n) is 14.8. The Morgan fingerprint density at radius 1 is 1.00 bits per heavy atom. The predicted octanol–water partition coefficient (Wildman–Crippen LogP) is 7.71. The van der Waals surface area contributed by atoms with E-state index in [1.54, 1.807) is 13.0 Å². The highest BCUT2D eigenvalue weighted by Crippen LogP contribution is 2.78. The van der Waals surface area contributed by atoms with E-state index in [1.165, 1.54) is 5.57 Å². The van der Waals surface area contributed by atoms with Crippen molar-refractivity contribution in [3.63, 3.8) is 0 Å². The van der Waals surface area contributed by atoms with Crippen molar-refractivity contribution in [2.75, 3.05) is 13.7 Å². The number of hydrogen-bond acceptors (Lipinski definition) is 5. The van der Waals surface area contributed by atoms with Crippen LogP contribution < -0.4 is 0 Å². The Kier molecular flexibility index (Phi) is 6.64. The van der Waals surface area contributed by atoms with E-state index >= 15 is 0 Å². The summed E-state index contributed by atoms with van der Waals surface area (Å²) in [7, 11) is 1.82. The van der Waals surface area contributed by atoms with Gasteiger partial charge < -0.3 is 19.3 Å². The first kappa shape index (κ1) is 30.4. The van der Waals surface area contributed by atoms with Gasteiger partial charge >= 0.3 is 11.9 Å². The van der Waals surface area contributed by atoms with E-state index in [2.05, 4.69) is 47.6 Å². The molecule has 7 rings (SSSR count). The van der Waals surface area contributed by atoms with Crippen molar-refractivity contribution in [2.24, 2.45) is 50.2 Å². The molecule has 0 radical (unpaired) electrons. The van der Waals surface area contributed by atoms with Gasteiger partial charge in [-0.2, -0.15) is 0 Å². The quantitative estimate of drug-likeness (QED) is 0.208. The third-order valence-corrected chi connectivity index (χ3v) is 14.8. The molecule has 0 amide bonds. The standard InChI is InChI=1S/C36H54O6/c1-10-22(2)28(37)42-27-20-30(3,4)19-24-23-11-12-26-33(8,32(23,7)15-17-35(24,27)29(38)39)14-13-25-31(5,6)36(40-9)18-16-34(25,26)21-41-36/h10-11,24-27H,12-21H2,1-9H3,(H,38,39)/b22-10-/t24-,25-,26-,27+,32+,33+,34+,35-,36-/m0/s1. The number of rotatable bonds is 4. The maximum atomic E-state index is 13.5. The normalized spacial score (nSPS) is 48.6. The Labute approximate surface area is 253 Å². The molecule has 4 saturated carbocycles. The first-order valence-corrected chi connectivity index (χ1v) is 16.5. The van der Waals surface area contributed by atoms with Gasteiger partial charge in [0.05, 0.1) is 6.61 Å². The fourth-order valence-electron chi connectivity index (χ4n) is 12.1. The molecule has 0 aromatic rings. The Morgan fingerprint density at radius 3 is 2.31 bits per heavy atom. The molecule has 7 aliphatic rings. The lowest BCUT2D eigenvalue weighted by Gasteiger charge is -2.75. The SMILES string of the molecule is C/C=C(/C)C(=O)O[C@@H]1CC(C)(C)C[C@H]2C3=CC[C@@H]4[C@]56CC[C@](OC)(OC5)C(C)(C)[C@@H]6CC[C@@]4(C)[C@]3(C)CC[C@@]12C(=O)O. The second-order valence-electron chi connectivity index (χ2n) is 16.8. The van der Waals surface area contributed by atoms with Crippen LogP contribution in [0, 0.1) is 50.2 Å². The van der Waals surface area contributed by atoms with Crippen molar-refractivity contribution in [3.8, 4) is 0 Å². The molecule has 234 valence electrons. The van der Waals surface area contributed by atoms with E-state index in [0.29, 0.717) is 30.3 Å². The molecule has 6 fully saturated rings. The fourth-order valence-corrected chi connectivity index (χ4v) is 12.1. The summed E-state index contributed by atoms with van der Waals surface area (Å²) >= 11 is 0. The Morgan fingerprint density at radius 2 is 1.71 bits per heavy atom. The number of ether oxygens (including phenoxy) is 3. The zero-order valence-electron chi connectivity index (χ0n) is 27.5. The summed E-state index contributed by atoms with van der Waals surface area (Å²) in [4.78, 5) is 26.5. The summed E-state index contributed by atoms with van der Waals surface area (Å²) in [6, 6.07) is 0. The number of carboxylic acid groups (broad SMARTS) is 1.